The fourth-order valence-corrected chi connectivity index (χ4v) is 2.87. The molecule has 1 aliphatic rings. The number of ether oxygens (including phenoxy) is 1. The smallest absolute Gasteiger partial charge is 0.186 e. The lowest BCUT2D eigenvalue weighted by Crippen LogP contribution is -2.35. The first-order valence-corrected chi connectivity index (χ1v) is 7.86. The summed E-state index contributed by atoms with van der Waals surface area (Å²) in [5, 5.41) is 3.05. The van der Waals surface area contributed by atoms with E-state index >= 15 is 0 Å². The Bertz CT molecular complexity index is 485. The first-order chi connectivity index (χ1) is 10.0. The number of rotatable bonds is 5. The van der Waals surface area contributed by atoms with E-state index in [2.05, 4.69) is 22.2 Å². The Labute approximate surface area is 126 Å². The molecule has 1 aromatic rings. The van der Waals surface area contributed by atoms with Crippen molar-refractivity contribution in [2.75, 3.05) is 19.0 Å². The van der Waals surface area contributed by atoms with E-state index in [1.165, 1.54) is 0 Å². The number of halogens is 1. The van der Waals surface area contributed by atoms with Crippen molar-refractivity contribution in [3.8, 4) is 0 Å². The van der Waals surface area contributed by atoms with Crippen LogP contribution in [0.4, 0.5) is 10.2 Å². The monoisotopic (exact) mass is 295 g/mol. The highest BCUT2D eigenvalue weighted by Gasteiger charge is 2.39. The first kappa shape index (κ1) is 16.1. The molecule has 4 nitrogen and oxygen atoms in total. The van der Waals surface area contributed by atoms with Crippen LogP contribution in [0.1, 0.15) is 57.5 Å². The number of nitrogens with one attached hydrogen (secondary N) is 1. The maximum Gasteiger partial charge on any atom is 0.186 e. The van der Waals surface area contributed by atoms with Crippen molar-refractivity contribution in [3.63, 3.8) is 0 Å². The van der Waals surface area contributed by atoms with Gasteiger partial charge in [-0.15, -0.1) is 0 Å². The van der Waals surface area contributed by atoms with E-state index in [1.54, 1.807) is 14.0 Å². The van der Waals surface area contributed by atoms with Gasteiger partial charge in [-0.1, -0.05) is 13.8 Å². The van der Waals surface area contributed by atoms with Crippen molar-refractivity contribution >= 4 is 5.82 Å². The predicted octanol–water partition coefficient (Wildman–Crippen LogP) is 3.80. The molecule has 5 heteroatoms. The molecular weight excluding hydrogens is 269 g/mol. The van der Waals surface area contributed by atoms with Crippen molar-refractivity contribution in [3.05, 3.63) is 17.3 Å². The molecule has 1 N–H and O–H groups in total. The Balaban J connectivity index is 2.35. The molecule has 0 aromatic carbocycles. The van der Waals surface area contributed by atoms with E-state index in [0.717, 1.165) is 32.1 Å². The fourth-order valence-electron chi connectivity index (χ4n) is 2.87. The Morgan fingerprint density at radius 1 is 1.33 bits per heavy atom. The molecule has 0 radical (unpaired) electrons. The number of aryl methyl sites for hydroxylation is 1. The lowest BCUT2D eigenvalue weighted by atomic mass is 9.79. The third-order valence-electron chi connectivity index (χ3n) is 4.44. The third kappa shape index (κ3) is 3.34. The van der Waals surface area contributed by atoms with Crippen LogP contribution in [-0.4, -0.2) is 23.6 Å². The average Bonchev–Trinajstić information content (AvgIpc) is 2.50. The molecule has 0 amide bonds. The molecule has 1 fully saturated rings. The summed E-state index contributed by atoms with van der Waals surface area (Å²) in [7, 11) is 1.71. The predicted molar refractivity (Wildman–Crippen MR) is 81.8 cm³/mol. The van der Waals surface area contributed by atoms with Gasteiger partial charge >= 0.3 is 0 Å². The fraction of sp³-hybridized carbons (Fsp3) is 0.750. The Morgan fingerprint density at radius 2 is 2.00 bits per heavy atom. The minimum Gasteiger partial charge on any atom is -0.370 e. The summed E-state index contributed by atoms with van der Waals surface area (Å²) in [6.45, 7) is 6.68. The number of anilines is 1. The molecule has 0 saturated heterocycles. The molecule has 0 aliphatic heterocycles. The summed E-state index contributed by atoms with van der Waals surface area (Å²) in [5.74, 6) is 1.26. The summed E-state index contributed by atoms with van der Waals surface area (Å²) in [6, 6.07) is 0. The van der Waals surface area contributed by atoms with Crippen LogP contribution in [0.25, 0.3) is 0 Å². The second-order valence-electron chi connectivity index (χ2n) is 6.10. The molecule has 0 unspecified atom stereocenters. The first-order valence-electron chi connectivity index (χ1n) is 7.86. The third-order valence-corrected chi connectivity index (χ3v) is 4.44. The van der Waals surface area contributed by atoms with Crippen LogP contribution in [-0.2, 0) is 10.3 Å². The molecule has 1 aliphatic carbocycles. The summed E-state index contributed by atoms with van der Waals surface area (Å²) in [6.07, 6.45) is 4.88. The zero-order valence-corrected chi connectivity index (χ0v) is 13.5. The maximum atomic E-state index is 14.1. The van der Waals surface area contributed by atoms with E-state index in [0.29, 0.717) is 29.8 Å². The zero-order chi connectivity index (χ0) is 15.5. The molecule has 118 valence electrons. The lowest BCUT2D eigenvalue weighted by Gasteiger charge is -2.37. The standard InChI is InChI=1S/C16H26FN3O/c1-5-10-18-14-13(17)12(3)19-15(20-14)16(21-4)8-6-11(2)7-9-16/h11H,5-10H2,1-4H3,(H,18,19,20). The number of methoxy groups -OCH3 is 1. The molecule has 0 spiro atoms. The normalized spacial score (nSPS) is 25.9. The van der Waals surface area contributed by atoms with Gasteiger partial charge in [0.2, 0.25) is 0 Å². The highest BCUT2D eigenvalue weighted by atomic mass is 19.1. The summed E-state index contributed by atoms with van der Waals surface area (Å²) >= 11 is 0. The molecule has 2 rings (SSSR count). The Kier molecular flexibility index (Phi) is 5.14. The van der Waals surface area contributed by atoms with E-state index in [9.17, 15) is 4.39 Å². The van der Waals surface area contributed by atoms with Gasteiger partial charge in [0, 0.05) is 13.7 Å². The van der Waals surface area contributed by atoms with Crippen LogP contribution < -0.4 is 5.32 Å². The highest BCUT2D eigenvalue weighted by molar-refractivity contribution is 5.38. The molecule has 1 aromatic heterocycles. The summed E-state index contributed by atoms with van der Waals surface area (Å²) in [4.78, 5) is 8.82. The van der Waals surface area contributed by atoms with Gasteiger partial charge < -0.3 is 10.1 Å². The van der Waals surface area contributed by atoms with Gasteiger partial charge in [-0.25, -0.2) is 14.4 Å². The zero-order valence-electron chi connectivity index (χ0n) is 13.5. The SMILES string of the molecule is CCCNc1nc(C2(OC)CCC(C)CC2)nc(C)c1F. The molecule has 21 heavy (non-hydrogen) atoms. The highest BCUT2D eigenvalue weighted by Crippen LogP contribution is 2.41. The largest absolute Gasteiger partial charge is 0.370 e. The van der Waals surface area contributed by atoms with Gasteiger partial charge in [0.15, 0.2) is 17.5 Å². The van der Waals surface area contributed by atoms with Crippen LogP contribution in [0.15, 0.2) is 0 Å². The van der Waals surface area contributed by atoms with Gasteiger partial charge in [0.25, 0.3) is 0 Å². The Morgan fingerprint density at radius 3 is 2.57 bits per heavy atom. The molecule has 0 bridgehead atoms. The molecular formula is C16H26FN3O. The van der Waals surface area contributed by atoms with Gasteiger partial charge in [-0.05, 0) is 44.9 Å². The maximum absolute atomic E-state index is 14.1. The quantitative estimate of drug-likeness (QED) is 0.897. The summed E-state index contributed by atoms with van der Waals surface area (Å²) < 4.78 is 19.9. The van der Waals surface area contributed by atoms with E-state index in [4.69, 9.17) is 4.74 Å². The van der Waals surface area contributed by atoms with Crippen LogP contribution in [0.2, 0.25) is 0 Å². The minimum absolute atomic E-state index is 0.300. The molecule has 1 saturated carbocycles. The average molecular weight is 295 g/mol. The Hall–Kier alpha value is -1.23. The van der Waals surface area contributed by atoms with Crippen LogP contribution in [0.3, 0.4) is 0 Å². The van der Waals surface area contributed by atoms with Gasteiger partial charge in [-0.2, -0.15) is 0 Å². The summed E-state index contributed by atoms with van der Waals surface area (Å²) in [5.41, 5.74) is -0.0817. The minimum atomic E-state index is -0.465. The van der Waals surface area contributed by atoms with Crippen LogP contribution in [0.5, 0.6) is 0 Å². The van der Waals surface area contributed by atoms with Gasteiger partial charge in [-0.3, -0.25) is 0 Å². The number of hydrogen-bond donors (Lipinski definition) is 1. The number of nitrogens with zero attached hydrogens (tertiary/aromatic N) is 2. The van der Waals surface area contributed by atoms with Crippen molar-refractivity contribution < 1.29 is 9.13 Å². The van der Waals surface area contributed by atoms with Crippen molar-refractivity contribution in [2.45, 2.75) is 58.5 Å². The molecule has 0 atom stereocenters. The van der Waals surface area contributed by atoms with Crippen LogP contribution in [0, 0.1) is 18.7 Å². The number of hydrogen-bond acceptors (Lipinski definition) is 4. The second-order valence-corrected chi connectivity index (χ2v) is 6.10. The van der Waals surface area contributed by atoms with Crippen molar-refractivity contribution in [2.24, 2.45) is 5.92 Å². The van der Waals surface area contributed by atoms with Crippen molar-refractivity contribution in [1.82, 2.24) is 9.97 Å². The van der Waals surface area contributed by atoms with Crippen LogP contribution >= 0.6 is 0 Å². The second kappa shape index (κ2) is 6.69. The molecule has 1 heterocycles. The van der Waals surface area contributed by atoms with E-state index < -0.39 is 5.60 Å². The lowest BCUT2D eigenvalue weighted by molar-refractivity contribution is -0.0598. The van der Waals surface area contributed by atoms with Crippen molar-refractivity contribution in [1.29, 1.82) is 0 Å². The van der Waals surface area contributed by atoms with Gasteiger partial charge in [0.05, 0.1) is 5.69 Å². The van der Waals surface area contributed by atoms with E-state index in [-0.39, 0.29) is 5.82 Å². The topological polar surface area (TPSA) is 47.0 Å². The van der Waals surface area contributed by atoms with E-state index in [1.807, 2.05) is 6.92 Å². The number of aromatic nitrogens is 2. The van der Waals surface area contributed by atoms with Gasteiger partial charge in [0.1, 0.15) is 5.60 Å².